The second-order valence-electron chi connectivity index (χ2n) is 5.21. The van der Waals surface area contributed by atoms with E-state index < -0.39 is 48.1 Å². The van der Waals surface area contributed by atoms with E-state index >= 15 is 0 Å². The van der Waals surface area contributed by atoms with Gasteiger partial charge in [0.15, 0.2) is 11.6 Å². The second kappa shape index (κ2) is 8.21. The Morgan fingerprint density at radius 3 is 2.17 bits per heavy atom. The number of nitrogens with one attached hydrogen (secondary N) is 1. The van der Waals surface area contributed by atoms with Crippen molar-refractivity contribution in [3.63, 3.8) is 0 Å². The smallest absolute Gasteiger partial charge is 0.314 e. The summed E-state index contributed by atoms with van der Waals surface area (Å²) in [5.41, 5.74) is -0.619. The van der Waals surface area contributed by atoms with Gasteiger partial charge in [0.2, 0.25) is 0 Å². The highest BCUT2D eigenvalue weighted by Crippen LogP contribution is 2.34. The lowest BCUT2D eigenvalue weighted by molar-refractivity contribution is -0.138. The summed E-state index contributed by atoms with van der Waals surface area (Å²) in [7, 11) is 0. The summed E-state index contributed by atoms with van der Waals surface area (Å²) in [6.45, 7) is 1.69. The zero-order chi connectivity index (χ0) is 16.3. The molecule has 1 fully saturated rings. The van der Waals surface area contributed by atoms with Gasteiger partial charge in [-0.15, -0.1) is 12.4 Å². The molecule has 1 N–H and O–H groups in total. The van der Waals surface area contributed by atoms with Crippen LogP contribution in [0, 0.1) is 17.5 Å². The molecule has 2 rings (SSSR count). The van der Waals surface area contributed by atoms with Gasteiger partial charge in [-0.1, -0.05) is 0 Å². The Labute approximate surface area is 136 Å². The van der Waals surface area contributed by atoms with E-state index in [0.29, 0.717) is 32.2 Å². The van der Waals surface area contributed by atoms with Gasteiger partial charge < -0.3 is 5.32 Å². The molecule has 1 aliphatic rings. The largest absolute Gasteiger partial charge is 0.389 e. The SMILES string of the molecule is Cl.Fc1ccc(F)c([C@H](CCC(F)(F)F)N2CCNCC2)c1F. The Balaban J connectivity index is 0.00000264. The van der Waals surface area contributed by atoms with Crippen LogP contribution in [-0.2, 0) is 0 Å². The Bertz CT molecular complexity index is 517. The fourth-order valence-corrected chi connectivity index (χ4v) is 2.65. The average molecular weight is 363 g/mol. The van der Waals surface area contributed by atoms with Gasteiger partial charge in [0.1, 0.15) is 5.82 Å². The van der Waals surface area contributed by atoms with E-state index in [2.05, 4.69) is 5.32 Å². The topological polar surface area (TPSA) is 15.3 Å². The molecule has 132 valence electrons. The lowest BCUT2D eigenvalue weighted by Crippen LogP contribution is -2.45. The number of hydrogen-bond donors (Lipinski definition) is 1. The van der Waals surface area contributed by atoms with Gasteiger partial charge >= 0.3 is 6.18 Å². The number of piperazine rings is 1. The number of benzene rings is 1. The van der Waals surface area contributed by atoms with E-state index in [9.17, 15) is 26.3 Å². The first-order valence-corrected chi connectivity index (χ1v) is 6.94. The third-order valence-corrected chi connectivity index (χ3v) is 3.71. The Morgan fingerprint density at radius 2 is 1.61 bits per heavy atom. The van der Waals surface area contributed by atoms with Gasteiger partial charge in [-0.05, 0) is 18.6 Å². The monoisotopic (exact) mass is 362 g/mol. The van der Waals surface area contributed by atoms with Crippen molar-refractivity contribution in [3.05, 3.63) is 35.1 Å². The van der Waals surface area contributed by atoms with Crippen LogP contribution in [0.15, 0.2) is 12.1 Å². The van der Waals surface area contributed by atoms with Gasteiger partial charge in [0.25, 0.3) is 0 Å². The first kappa shape index (κ1) is 20.1. The van der Waals surface area contributed by atoms with E-state index in [-0.39, 0.29) is 12.4 Å². The maximum Gasteiger partial charge on any atom is 0.389 e. The molecule has 9 heteroatoms. The predicted octanol–water partition coefficient (Wildman–Crippen LogP) is 3.81. The molecular formula is C14H17ClF6N2. The van der Waals surface area contributed by atoms with Crippen molar-refractivity contribution in [2.24, 2.45) is 0 Å². The van der Waals surface area contributed by atoms with Crippen LogP contribution in [0.3, 0.4) is 0 Å². The zero-order valence-corrected chi connectivity index (χ0v) is 12.9. The fraction of sp³-hybridized carbons (Fsp3) is 0.571. The predicted molar refractivity (Wildman–Crippen MR) is 76.0 cm³/mol. The van der Waals surface area contributed by atoms with Crippen molar-refractivity contribution in [2.75, 3.05) is 26.2 Å². The van der Waals surface area contributed by atoms with Gasteiger partial charge in [0.05, 0.1) is 0 Å². The van der Waals surface area contributed by atoms with Gasteiger partial charge in [-0.3, -0.25) is 4.90 Å². The molecule has 1 aromatic carbocycles. The van der Waals surface area contributed by atoms with Gasteiger partial charge in [-0.25, -0.2) is 13.2 Å². The lowest BCUT2D eigenvalue weighted by atomic mass is 9.98. The van der Waals surface area contributed by atoms with E-state index in [0.717, 1.165) is 6.07 Å². The molecule has 1 aliphatic heterocycles. The summed E-state index contributed by atoms with van der Waals surface area (Å²) in [4.78, 5) is 1.56. The van der Waals surface area contributed by atoms with Crippen LogP contribution >= 0.6 is 12.4 Å². The van der Waals surface area contributed by atoms with Crippen molar-refractivity contribution in [1.82, 2.24) is 10.2 Å². The molecule has 0 bridgehead atoms. The summed E-state index contributed by atoms with van der Waals surface area (Å²) in [5.74, 6) is -3.70. The average Bonchev–Trinajstić information content (AvgIpc) is 2.46. The Hall–Kier alpha value is -0.990. The zero-order valence-electron chi connectivity index (χ0n) is 12.1. The molecule has 2 nitrogen and oxygen atoms in total. The maximum atomic E-state index is 13.9. The van der Waals surface area contributed by atoms with Crippen molar-refractivity contribution in [2.45, 2.75) is 25.1 Å². The molecule has 1 aromatic rings. The quantitative estimate of drug-likeness (QED) is 0.647. The van der Waals surface area contributed by atoms with Crippen molar-refractivity contribution < 1.29 is 26.3 Å². The first-order chi connectivity index (χ1) is 10.3. The molecular weight excluding hydrogens is 346 g/mol. The molecule has 0 saturated carbocycles. The molecule has 1 saturated heterocycles. The van der Waals surface area contributed by atoms with Gasteiger partial charge in [-0.2, -0.15) is 13.2 Å². The molecule has 1 heterocycles. The van der Waals surface area contributed by atoms with Crippen LogP contribution in [0.2, 0.25) is 0 Å². The summed E-state index contributed by atoms with van der Waals surface area (Å²) in [6, 6.07) is 0.239. The van der Waals surface area contributed by atoms with Crippen LogP contribution in [-0.4, -0.2) is 37.3 Å². The molecule has 0 spiro atoms. The second-order valence-corrected chi connectivity index (χ2v) is 5.21. The highest BCUT2D eigenvalue weighted by molar-refractivity contribution is 5.85. The highest BCUT2D eigenvalue weighted by Gasteiger charge is 2.34. The van der Waals surface area contributed by atoms with Crippen LogP contribution < -0.4 is 5.32 Å². The van der Waals surface area contributed by atoms with Crippen LogP contribution in [0.4, 0.5) is 26.3 Å². The standard InChI is InChI=1S/C14H16F6N2.ClH/c15-9-1-2-10(16)13(17)12(9)11(3-4-14(18,19)20)22-7-5-21-6-8-22;/h1-2,11,21H,3-8H2;1H/t11-;/m0./s1. The summed E-state index contributed by atoms with van der Waals surface area (Å²) in [6.07, 6.45) is -6.13. The molecule has 0 radical (unpaired) electrons. The normalized spacial score (nSPS) is 17.7. The number of hydrogen-bond acceptors (Lipinski definition) is 2. The summed E-state index contributed by atoms with van der Waals surface area (Å²) in [5, 5.41) is 3.01. The minimum atomic E-state index is -4.44. The van der Waals surface area contributed by atoms with E-state index in [4.69, 9.17) is 0 Å². The Kier molecular flexibility index (Phi) is 7.16. The molecule has 23 heavy (non-hydrogen) atoms. The molecule has 1 atom stereocenters. The number of nitrogens with zero attached hydrogens (tertiary/aromatic N) is 1. The minimum Gasteiger partial charge on any atom is -0.314 e. The van der Waals surface area contributed by atoms with Crippen LogP contribution in [0.1, 0.15) is 24.4 Å². The summed E-state index contributed by atoms with van der Waals surface area (Å²) >= 11 is 0. The lowest BCUT2D eigenvalue weighted by Gasteiger charge is -2.35. The number of rotatable bonds is 4. The highest BCUT2D eigenvalue weighted by atomic mass is 35.5. The van der Waals surface area contributed by atoms with Crippen LogP contribution in [0.5, 0.6) is 0 Å². The first-order valence-electron chi connectivity index (χ1n) is 6.94. The summed E-state index contributed by atoms with van der Waals surface area (Å²) < 4.78 is 78.7. The van der Waals surface area contributed by atoms with Crippen molar-refractivity contribution in [1.29, 1.82) is 0 Å². The van der Waals surface area contributed by atoms with E-state index in [1.165, 1.54) is 0 Å². The van der Waals surface area contributed by atoms with Crippen LogP contribution in [0.25, 0.3) is 0 Å². The van der Waals surface area contributed by atoms with E-state index in [1.54, 1.807) is 4.90 Å². The minimum absolute atomic E-state index is 0. The molecule has 0 aliphatic carbocycles. The van der Waals surface area contributed by atoms with Crippen molar-refractivity contribution >= 4 is 12.4 Å². The van der Waals surface area contributed by atoms with E-state index in [1.807, 2.05) is 0 Å². The maximum absolute atomic E-state index is 13.9. The Morgan fingerprint density at radius 1 is 1.04 bits per heavy atom. The van der Waals surface area contributed by atoms with Gasteiger partial charge in [0, 0.05) is 44.2 Å². The molecule has 0 unspecified atom stereocenters. The molecule has 0 aromatic heterocycles. The number of halogens is 7. The van der Waals surface area contributed by atoms with Crippen molar-refractivity contribution in [3.8, 4) is 0 Å². The molecule has 0 amide bonds. The fourth-order valence-electron chi connectivity index (χ4n) is 2.65. The number of alkyl halides is 3. The third-order valence-electron chi connectivity index (χ3n) is 3.71. The third kappa shape index (κ3) is 5.26.